The van der Waals surface area contributed by atoms with Crippen LogP contribution in [-0.4, -0.2) is 70.7 Å². The SMILES string of the molecule is C=CCN(C(=O)C1N([C@@H](CO)C(C)C)C(=O)[C@@H]2[C@H](C(=O)N(CC=C)c3ccccc3)[C@]3(C)CCC12O3)c1ccc2ccccc2c1. The van der Waals surface area contributed by atoms with Crippen molar-refractivity contribution >= 4 is 39.9 Å². The van der Waals surface area contributed by atoms with Gasteiger partial charge in [0.25, 0.3) is 5.91 Å². The highest BCUT2D eigenvalue weighted by Gasteiger charge is 2.79. The van der Waals surface area contributed by atoms with E-state index in [1.807, 2.05) is 93.6 Å². The molecule has 8 heteroatoms. The fourth-order valence-corrected chi connectivity index (χ4v) is 8.17. The quantitative estimate of drug-likeness (QED) is 0.291. The third kappa shape index (κ3) is 4.86. The summed E-state index contributed by atoms with van der Waals surface area (Å²) in [7, 11) is 0. The first-order valence-electron chi connectivity index (χ1n) is 16.1. The first kappa shape index (κ1) is 31.7. The standard InChI is InChI=1S/C38H43N3O5/c1-6-21-39(28-15-9-8-10-16-28)34(43)31-32-35(44)41(30(24-42)25(3)4)33(38(32)20-19-37(31,5)46-38)36(45)40(22-7-2)29-18-17-26-13-11-12-14-27(26)23-29/h6-18,23,25,30-33,42H,1-2,19-22,24H2,3-5H3/t30-,31+,32-,33?,37-,38?/m0/s1. The fourth-order valence-electron chi connectivity index (χ4n) is 8.17. The van der Waals surface area contributed by atoms with E-state index in [1.54, 1.807) is 26.9 Å². The molecule has 3 fully saturated rings. The number of amides is 3. The lowest BCUT2D eigenvalue weighted by molar-refractivity contribution is -0.149. The minimum Gasteiger partial charge on any atom is -0.394 e. The molecule has 2 bridgehead atoms. The predicted octanol–water partition coefficient (Wildman–Crippen LogP) is 5.36. The van der Waals surface area contributed by atoms with E-state index in [9.17, 15) is 14.7 Å². The van der Waals surface area contributed by atoms with Gasteiger partial charge in [0, 0.05) is 24.5 Å². The molecule has 3 amide bonds. The second-order valence-corrected chi connectivity index (χ2v) is 13.3. The Balaban J connectivity index is 1.47. The molecule has 3 aromatic rings. The van der Waals surface area contributed by atoms with Crippen molar-refractivity contribution in [2.45, 2.75) is 56.9 Å². The maximum absolute atomic E-state index is 15.0. The largest absolute Gasteiger partial charge is 0.394 e. The van der Waals surface area contributed by atoms with E-state index in [-0.39, 0.29) is 43.3 Å². The molecule has 0 radical (unpaired) electrons. The molecule has 3 aliphatic heterocycles. The van der Waals surface area contributed by atoms with Gasteiger partial charge in [-0.05, 0) is 60.7 Å². The van der Waals surface area contributed by atoms with Gasteiger partial charge in [-0.1, -0.05) is 74.5 Å². The van der Waals surface area contributed by atoms with Crippen LogP contribution in [0.2, 0.25) is 0 Å². The monoisotopic (exact) mass is 621 g/mol. The number of carbonyl (C=O) groups is 3. The second-order valence-electron chi connectivity index (χ2n) is 13.3. The van der Waals surface area contributed by atoms with Crippen molar-refractivity contribution in [3.05, 3.63) is 98.1 Å². The summed E-state index contributed by atoms with van der Waals surface area (Å²) >= 11 is 0. The van der Waals surface area contributed by atoms with E-state index in [0.29, 0.717) is 24.2 Å². The predicted molar refractivity (Wildman–Crippen MR) is 180 cm³/mol. The summed E-state index contributed by atoms with van der Waals surface area (Å²) in [5.74, 6) is -2.74. The molecule has 46 heavy (non-hydrogen) atoms. The Morgan fingerprint density at radius 1 is 0.935 bits per heavy atom. The highest BCUT2D eigenvalue weighted by molar-refractivity contribution is 6.07. The van der Waals surface area contributed by atoms with Crippen LogP contribution in [-0.2, 0) is 19.1 Å². The minimum absolute atomic E-state index is 0.156. The summed E-state index contributed by atoms with van der Waals surface area (Å²) in [6.07, 6.45) is 4.30. The van der Waals surface area contributed by atoms with Crippen molar-refractivity contribution in [3.8, 4) is 0 Å². The number of anilines is 2. The third-order valence-electron chi connectivity index (χ3n) is 10.3. The Morgan fingerprint density at radius 2 is 1.57 bits per heavy atom. The Morgan fingerprint density at radius 3 is 2.20 bits per heavy atom. The van der Waals surface area contributed by atoms with Gasteiger partial charge < -0.3 is 24.5 Å². The summed E-state index contributed by atoms with van der Waals surface area (Å²) in [5, 5.41) is 12.7. The van der Waals surface area contributed by atoms with E-state index in [0.717, 1.165) is 10.8 Å². The van der Waals surface area contributed by atoms with Crippen LogP contribution in [0, 0.1) is 17.8 Å². The second kappa shape index (κ2) is 12.2. The van der Waals surface area contributed by atoms with Gasteiger partial charge >= 0.3 is 0 Å². The molecule has 8 nitrogen and oxygen atoms in total. The third-order valence-corrected chi connectivity index (χ3v) is 10.3. The van der Waals surface area contributed by atoms with Gasteiger partial charge in [-0.25, -0.2) is 0 Å². The molecule has 0 saturated carbocycles. The van der Waals surface area contributed by atoms with Gasteiger partial charge in [0.05, 0.1) is 30.1 Å². The van der Waals surface area contributed by atoms with Crippen molar-refractivity contribution < 1.29 is 24.2 Å². The molecule has 2 unspecified atom stereocenters. The fraction of sp³-hybridized carbons (Fsp3) is 0.395. The van der Waals surface area contributed by atoms with Crippen molar-refractivity contribution in [3.63, 3.8) is 0 Å². The number of likely N-dealkylation sites (tertiary alicyclic amines) is 1. The zero-order valence-electron chi connectivity index (χ0n) is 26.8. The summed E-state index contributed by atoms with van der Waals surface area (Å²) in [4.78, 5) is 49.3. The van der Waals surface area contributed by atoms with Gasteiger partial charge in [0.2, 0.25) is 11.8 Å². The highest BCUT2D eigenvalue weighted by Crippen LogP contribution is 2.64. The molecule has 0 aliphatic carbocycles. The Hall–Kier alpha value is -4.27. The van der Waals surface area contributed by atoms with Crippen LogP contribution in [0.5, 0.6) is 0 Å². The first-order chi connectivity index (χ1) is 22.1. The van der Waals surface area contributed by atoms with Crippen LogP contribution in [0.4, 0.5) is 11.4 Å². The van der Waals surface area contributed by atoms with E-state index in [4.69, 9.17) is 4.74 Å². The first-order valence-corrected chi connectivity index (χ1v) is 16.1. The lowest BCUT2D eigenvalue weighted by Gasteiger charge is -2.40. The molecule has 1 spiro atoms. The van der Waals surface area contributed by atoms with E-state index >= 15 is 4.79 Å². The van der Waals surface area contributed by atoms with Crippen LogP contribution >= 0.6 is 0 Å². The van der Waals surface area contributed by atoms with Gasteiger partial charge in [-0.2, -0.15) is 0 Å². The average Bonchev–Trinajstić information content (AvgIpc) is 3.63. The van der Waals surface area contributed by atoms with Gasteiger partial charge in [-0.3, -0.25) is 14.4 Å². The maximum Gasteiger partial charge on any atom is 0.253 e. The minimum atomic E-state index is -1.24. The van der Waals surface area contributed by atoms with E-state index in [2.05, 4.69) is 13.2 Å². The summed E-state index contributed by atoms with van der Waals surface area (Å²) in [6, 6.07) is 21.4. The molecule has 3 heterocycles. The van der Waals surface area contributed by atoms with Gasteiger partial charge in [0.15, 0.2) is 0 Å². The smallest absolute Gasteiger partial charge is 0.253 e. The molecular formula is C38H43N3O5. The van der Waals surface area contributed by atoms with E-state index < -0.39 is 35.1 Å². The van der Waals surface area contributed by atoms with Crippen molar-refractivity contribution in [1.29, 1.82) is 0 Å². The molecule has 1 N–H and O–H groups in total. The van der Waals surface area contributed by atoms with Crippen molar-refractivity contribution in [2.75, 3.05) is 29.5 Å². The van der Waals surface area contributed by atoms with Gasteiger partial charge in [0.1, 0.15) is 11.6 Å². The Labute approximate surface area is 270 Å². The Kier molecular flexibility index (Phi) is 8.38. The number of rotatable bonds is 11. The van der Waals surface area contributed by atoms with Crippen LogP contribution in [0.25, 0.3) is 10.8 Å². The topological polar surface area (TPSA) is 90.4 Å². The average molecular weight is 622 g/mol. The number of carbonyl (C=O) groups excluding carboxylic acids is 3. The van der Waals surface area contributed by atoms with Crippen LogP contribution in [0.1, 0.15) is 33.6 Å². The number of ether oxygens (including phenoxy) is 1. The number of nitrogens with zero attached hydrogens (tertiary/aromatic N) is 3. The molecular weight excluding hydrogens is 578 g/mol. The van der Waals surface area contributed by atoms with Gasteiger partial charge in [-0.15, -0.1) is 13.2 Å². The number of aliphatic hydroxyl groups is 1. The van der Waals surface area contributed by atoms with Crippen molar-refractivity contribution in [2.24, 2.45) is 17.8 Å². The Bertz CT molecular complexity index is 1670. The van der Waals surface area contributed by atoms with Crippen LogP contribution in [0.15, 0.2) is 98.1 Å². The molecule has 3 saturated heterocycles. The summed E-state index contributed by atoms with van der Waals surface area (Å²) < 4.78 is 6.92. The molecule has 6 rings (SSSR count). The highest BCUT2D eigenvalue weighted by atomic mass is 16.5. The molecule has 6 atom stereocenters. The lowest BCUT2D eigenvalue weighted by atomic mass is 9.66. The van der Waals surface area contributed by atoms with Crippen molar-refractivity contribution in [1.82, 2.24) is 4.90 Å². The molecule has 0 aromatic heterocycles. The maximum atomic E-state index is 15.0. The summed E-state index contributed by atoms with van der Waals surface area (Å²) in [6.45, 7) is 13.7. The lowest BCUT2D eigenvalue weighted by Crippen LogP contribution is -2.60. The number of fused-ring (bicyclic) bond motifs is 2. The molecule has 3 aromatic carbocycles. The molecule has 3 aliphatic rings. The zero-order valence-corrected chi connectivity index (χ0v) is 26.8. The normalized spacial score (nSPS) is 27.1. The number of benzene rings is 3. The molecule has 240 valence electrons. The van der Waals surface area contributed by atoms with E-state index in [1.165, 1.54) is 0 Å². The summed E-state index contributed by atoms with van der Waals surface area (Å²) in [5.41, 5.74) is -0.812. The number of hydrogen-bond acceptors (Lipinski definition) is 5. The number of hydrogen-bond donors (Lipinski definition) is 1. The van der Waals surface area contributed by atoms with Crippen LogP contribution < -0.4 is 9.80 Å². The number of aliphatic hydroxyl groups excluding tert-OH is 1. The van der Waals surface area contributed by atoms with Crippen LogP contribution in [0.3, 0.4) is 0 Å². The zero-order chi connectivity index (χ0) is 32.8. The number of para-hydroxylation sites is 1.